The van der Waals surface area contributed by atoms with E-state index in [1.165, 1.54) is 12.3 Å². The molecule has 2 aromatic rings. The first-order valence-electron chi connectivity index (χ1n) is 6.36. The molecule has 1 fully saturated rings. The van der Waals surface area contributed by atoms with Crippen molar-refractivity contribution >= 4 is 23.3 Å². The van der Waals surface area contributed by atoms with Crippen LogP contribution in [-0.2, 0) is 4.79 Å². The third-order valence-electron chi connectivity index (χ3n) is 3.46. The molecule has 0 bridgehead atoms. The first kappa shape index (κ1) is 12.9. The third kappa shape index (κ3) is 2.47. The maximum Gasteiger partial charge on any atom is 0.229 e. The Morgan fingerprint density at radius 2 is 2.10 bits per heavy atom. The number of aromatic hydroxyl groups is 1. The van der Waals surface area contributed by atoms with Gasteiger partial charge in [0.15, 0.2) is 11.6 Å². The lowest BCUT2D eigenvalue weighted by molar-refractivity contribution is -0.117. The normalized spacial score (nSPS) is 20.4. The van der Waals surface area contributed by atoms with Gasteiger partial charge in [0.05, 0.1) is 0 Å². The number of benzene rings is 1. The van der Waals surface area contributed by atoms with E-state index in [0.717, 1.165) is 12.0 Å². The van der Waals surface area contributed by atoms with E-state index in [2.05, 4.69) is 10.3 Å². The Hall–Kier alpha value is -2.07. The van der Waals surface area contributed by atoms with E-state index in [9.17, 15) is 9.90 Å². The van der Waals surface area contributed by atoms with Crippen LogP contribution in [0.3, 0.4) is 0 Å². The fourth-order valence-electron chi connectivity index (χ4n) is 2.31. The van der Waals surface area contributed by atoms with Crippen LogP contribution in [0.25, 0.3) is 0 Å². The molecule has 20 heavy (non-hydrogen) atoms. The van der Waals surface area contributed by atoms with Crippen molar-refractivity contribution in [3.8, 4) is 5.75 Å². The van der Waals surface area contributed by atoms with Gasteiger partial charge in [-0.25, -0.2) is 4.98 Å². The Morgan fingerprint density at radius 3 is 2.85 bits per heavy atom. The van der Waals surface area contributed by atoms with Crippen LogP contribution in [0.15, 0.2) is 42.6 Å². The lowest BCUT2D eigenvalue weighted by atomic mass is 10.1. The van der Waals surface area contributed by atoms with Gasteiger partial charge < -0.3 is 10.4 Å². The van der Waals surface area contributed by atoms with Gasteiger partial charge in [-0.2, -0.15) is 0 Å². The van der Waals surface area contributed by atoms with Crippen molar-refractivity contribution < 1.29 is 9.90 Å². The standard InChI is InChI=1S/C15H13ClN2O2/c16-12-5-2-1-4-9(12)10-8-11(10)15(20)18-14-13(19)6-3-7-17-14/h1-7,10-11,19H,8H2,(H,17,18,20)/t10-,11-/m1/s1. The van der Waals surface area contributed by atoms with Crippen LogP contribution in [0.1, 0.15) is 17.9 Å². The van der Waals surface area contributed by atoms with Crippen LogP contribution in [0.4, 0.5) is 5.82 Å². The first-order chi connectivity index (χ1) is 9.66. The molecule has 0 radical (unpaired) electrons. The van der Waals surface area contributed by atoms with Crippen LogP contribution < -0.4 is 5.32 Å². The Labute approximate surface area is 121 Å². The highest BCUT2D eigenvalue weighted by atomic mass is 35.5. The SMILES string of the molecule is O=C(Nc1ncccc1O)[C@@H]1C[C@@H]1c1ccccc1Cl. The van der Waals surface area contributed by atoms with Gasteiger partial charge in [-0.15, -0.1) is 0 Å². The van der Waals surface area contributed by atoms with Gasteiger partial charge in [-0.3, -0.25) is 4.79 Å². The second-order valence-electron chi connectivity index (χ2n) is 4.83. The highest BCUT2D eigenvalue weighted by molar-refractivity contribution is 6.31. The number of hydrogen-bond acceptors (Lipinski definition) is 3. The Morgan fingerprint density at radius 1 is 1.30 bits per heavy atom. The number of hydrogen-bond donors (Lipinski definition) is 2. The molecule has 2 N–H and O–H groups in total. The maximum atomic E-state index is 12.1. The Bertz CT molecular complexity index is 660. The first-order valence-corrected chi connectivity index (χ1v) is 6.74. The fraction of sp³-hybridized carbons (Fsp3) is 0.200. The summed E-state index contributed by atoms with van der Waals surface area (Å²) in [6.07, 6.45) is 2.29. The molecule has 1 aromatic heterocycles. The molecule has 1 aromatic carbocycles. The Balaban J connectivity index is 1.69. The predicted octanol–water partition coefficient (Wildman–Crippen LogP) is 3.18. The zero-order valence-corrected chi connectivity index (χ0v) is 11.3. The van der Waals surface area contributed by atoms with E-state index in [-0.39, 0.29) is 29.3 Å². The molecule has 2 atom stereocenters. The van der Waals surface area contributed by atoms with Gasteiger partial charge in [-0.05, 0) is 36.1 Å². The minimum atomic E-state index is -0.135. The number of carbonyl (C=O) groups excluding carboxylic acids is 1. The summed E-state index contributed by atoms with van der Waals surface area (Å²) in [4.78, 5) is 16.1. The van der Waals surface area contributed by atoms with E-state index in [1.54, 1.807) is 6.07 Å². The molecule has 5 heteroatoms. The lowest BCUT2D eigenvalue weighted by Gasteiger charge is -2.06. The molecule has 1 heterocycles. The lowest BCUT2D eigenvalue weighted by Crippen LogP contribution is -2.15. The minimum absolute atomic E-state index is 0.0317. The van der Waals surface area contributed by atoms with Crippen molar-refractivity contribution in [1.82, 2.24) is 4.98 Å². The van der Waals surface area contributed by atoms with Gasteiger partial charge in [0.1, 0.15) is 0 Å². The van der Waals surface area contributed by atoms with E-state index < -0.39 is 0 Å². The van der Waals surface area contributed by atoms with Crippen molar-refractivity contribution in [3.63, 3.8) is 0 Å². The average Bonchev–Trinajstić information content (AvgIpc) is 3.22. The molecule has 1 aliphatic carbocycles. The number of pyridine rings is 1. The highest BCUT2D eigenvalue weighted by Gasteiger charge is 2.45. The number of aromatic nitrogens is 1. The van der Waals surface area contributed by atoms with Crippen molar-refractivity contribution in [2.75, 3.05) is 5.32 Å². The molecule has 102 valence electrons. The zero-order valence-electron chi connectivity index (χ0n) is 10.6. The molecular weight excluding hydrogens is 276 g/mol. The second kappa shape index (κ2) is 5.13. The molecule has 1 saturated carbocycles. The second-order valence-corrected chi connectivity index (χ2v) is 5.24. The number of nitrogens with zero attached hydrogens (tertiary/aromatic N) is 1. The third-order valence-corrected chi connectivity index (χ3v) is 3.80. The largest absolute Gasteiger partial charge is 0.504 e. The van der Waals surface area contributed by atoms with Gasteiger partial charge >= 0.3 is 0 Å². The van der Waals surface area contributed by atoms with Crippen LogP contribution in [-0.4, -0.2) is 16.0 Å². The zero-order chi connectivity index (χ0) is 14.1. The molecule has 1 aliphatic rings. The topological polar surface area (TPSA) is 62.2 Å². The number of rotatable bonds is 3. The number of nitrogens with one attached hydrogen (secondary N) is 1. The molecule has 0 saturated heterocycles. The van der Waals surface area contributed by atoms with E-state index >= 15 is 0 Å². The summed E-state index contributed by atoms with van der Waals surface area (Å²) >= 11 is 6.13. The number of amides is 1. The van der Waals surface area contributed by atoms with E-state index in [0.29, 0.717) is 5.02 Å². The van der Waals surface area contributed by atoms with E-state index in [1.807, 2.05) is 24.3 Å². The number of carbonyl (C=O) groups is 1. The average molecular weight is 289 g/mol. The molecule has 0 unspecified atom stereocenters. The van der Waals surface area contributed by atoms with Gasteiger partial charge in [-0.1, -0.05) is 29.8 Å². The van der Waals surface area contributed by atoms with Crippen LogP contribution in [0.5, 0.6) is 5.75 Å². The molecule has 3 rings (SSSR count). The minimum Gasteiger partial charge on any atom is -0.504 e. The summed E-state index contributed by atoms with van der Waals surface area (Å²) < 4.78 is 0. The van der Waals surface area contributed by atoms with Crippen molar-refractivity contribution in [3.05, 3.63) is 53.2 Å². The molecular formula is C15H13ClN2O2. The van der Waals surface area contributed by atoms with Crippen LogP contribution in [0, 0.1) is 5.92 Å². The monoisotopic (exact) mass is 288 g/mol. The summed E-state index contributed by atoms with van der Waals surface area (Å²) in [7, 11) is 0. The van der Waals surface area contributed by atoms with Gasteiger partial charge in [0.2, 0.25) is 5.91 Å². The summed E-state index contributed by atoms with van der Waals surface area (Å²) in [6, 6.07) is 10.7. The van der Waals surface area contributed by atoms with Gasteiger partial charge in [0.25, 0.3) is 0 Å². The summed E-state index contributed by atoms with van der Waals surface area (Å²) in [6.45, 7) is 0. The number of halogens is 1. The fourth-order valence-corrected chi connectivity index (χ4v) is 2.58. The van der Waals surface area contributed by atoms with Crippen molar-refractivity contribution in [2.24, 2.45) is 5.92 Å². The highest BCUT2D eigenvalue weighted by Crippen LogP contribution is 2.50. The summed E-state index contributed by atoms with van der Waals surface area (Å²) in [5.41, 5.74) is 1.000. The number of anilines is 1. The predicted molar refractivity (Wildman–Crippen MR) is 76.8 cm³/mol. The smallest absolute Gasteiger partial charge is 0.229 e. The molecule has 0 aliphatic heterocycles. The molecule has 1 amide bonds. The molecule has 4 nitrogen and oxygen atoms in total. The van der Waals surface area contributed by atoms with Crippen molar-refractivity contribution in [1.29, 1.82) is 0 Å². The molecule has 0 spiro atoms. The quantitative estimate of drug-likeness (QED) is 0.912. The van der Waals surface area contributed by atoms with Crippen LogP contribution >= 0.6 is 11.6 Å². The van der Waals surface area contributed by atoms with E-state index in [4.69, 9.17) is 11.6 Å². The van der Waals surface area contributed by atoms with Crippen LogP contribution in [0.2, 0.25) is 5.02 Å². The summed E-state index contributed by atoms with van der Waals surface area (Å²) in [5.74, 6) is 0.0629. The maximum absolute atomic E-state index is 12.1. The Kier molecular flexibility index (Phi) is 3.32. The van der Waals surface area contributed by atoms with Crippen molar-refractivity contribution in [2.45, 2.75) is 12.3 Å². The summed E-state index contributed by atoms with van der Waals surface area (Å²) in [5, 5.41) is 12.9. The van der Waals surface area contributed by atoms with Gasteiger partial charge in [0, 0.05) is 17.1 Å².